The minimum Gasteiger partial charge on any atom is -0.465 e. The minimum atomic E-state index is -1.20. The summed E-state index contributed by atoms with van der Waals surface area (Å²) < 4.78 is 15.9. The van der Waals surface area contributed by atoms with E-state index in [0.29, 0.717) is 0 Å². The van der Waals surface area contributed by atoms with Gasteiger partial charge in [-0.1, -0.05) is 6.08 Å². The van der Waals surface area contributed by atoms with Crippen molar-refractivity contribution in [3.05, 3.63) is 12.7 Å². The highest BCUT2D eigenvalue weighted by Crippen LogP contribution is 2.33. The van der Waals surface area contributed by atoms with Gasteiger partial charge >= 0.3 is 5.97 Å². The molecule has 0 aromatic carbocycles. The van der Waals surface area contributed by atoms with Crippen molar-refractivity contribution >= 4 is 5.97 Å². The second kappa shape index (κ2) is 5.38. The lowest BCUT2D eigenvalue weighted by Crippen LogP contribution is -2.47. The van der Waals surface area contributed by atoms with Crippen LogP contribution in [0.4, 0.5) is 0 Å². The largest absolute Gasteiger partial charge is 0.465 e. The molecule has 1 fully saturated rings. The third-order valence-corrected chi connectivity index (χ3v) is 3.14. The van der Waals surface area contributed by atoms with Gasteiger partial charge in [0.05, 0.1) is 13.2 Å². The van der Waals surface area contributed by atoms with Gasteiger partial charge in [0.2, 0.25) is 0 Å². The first-order chi connectivity index (χ1) is 8.27. The quantitative estimate of drug-likeness (QED) is 0.594. The monoisotopic (exact) mass is 258 g/mol. The second-order valence-corrected chi connectivity index (χ2v) is 5.02. The molecule has 0 spiro atoms. The van der Waals surface area contributed by atoms with Gasteiger partial charge in [-0.3, -0.25) is 4.79 Å². The van der Waals surface area contributed by atoms with Crippen LogP contribution >= 0.6 is 0 Å². The van der Waals surface area contributed by atoms with E-state index in [1.54, 1.807) is 27.7 Å². The third-order valence-electron chi connectivity index (χ3n) is 3.14. The minimum absolute atomic E-state index is 0.233. The molecule has 0 unspecified atom stereocenters. The Morgan fingerprint density at radius 2 is 2.33 bits per heavy atom. The van der Waals surface area contributed by atoms with Crippen LogP contribution in [0.15, 0.2) is 12.7 Å². The smallest absolute Gasteiger partial charge is 0.318 e. The maximum Gasteiger partial charge on any atom is 0.318 e. The fourth-order valence-corrected chi connectivity index (χ4v) is 1.87. The van der Waals surface area contributed by atoms with Crippen LogP contribution in [-0.2, 0) is 19.0 Å². The van der Waals surface area contributed by atoms with Gasteiger partial charge in [-0.05, 0) is 27.7 Å². The summed E-state index contributed by atoms with van der Waals surface area (Å²) in [5.41, 5.74) is -1.20. The summed E-state index contributed by atoms with van der Waals surface area (Å²) in [5, 5.41) is 10.3. The number of aliphatic hydroxyl groups excluding tert-OH is 1. The molecule has 3 atom stereocenters. The zero-order chi connectivity index (χ0) is 14.0. The Morgan fingerprint density at radius 3 is 2.72 bits per heavy atom. The number of hydrogen-bond donors (Lipinski definition) is 1. The Morgan fingerprint density at radius 1 is 1.72 bits per heavy atom. The zero-order valence-electron chi connectivity index (χ0n) is 11.4. The van der Waals surface area contributed by atoms with Gasteiger partial charge < -0.3 is 19.3 Å². The lowest BCUT2D eigenvalue weighted by molar-refractivity contribution is -0.175. The molecule has 1 aliphatic rings. The molecular formula is C13H22O5. The van der Waals surface area contributed by atoms with Crippen LogP contribution in [0.2, 0.25) is 0 Å². The average Bonchev–Trinajstić information content (AvgIpc) is 2.67. The first-order valence-corrected chi connectivity index (χ1v) is 6.07. The van der Waals surface area contributed by atoms with Crippen molar-refractivity contribution in [2.24, 2.45) is 5.41 Å². The Hall–Kier alpha value is -0.910. The highest BCUT2D eigenvalue weighted by molar-refractivity contribution is 5.79. The number of esters is 1. The van der Waals surface area contributed by atoms with Crippen molar-refractivity contribution in [1.29, 1.82) is 0 Å². The Balaban J connectivity index is 2.82. The van der Waals surface area contributed by atoms with E-state index in [1.807, 2.05) is 0 Å². The Labute approximate surface area is 108 Å². The number of ether oxygens (including phenoxy) is 3. The molecule has 1 N–H and O–H groups in total. The number of aliphatic hydroxyl groups is 1. The van der Waals surface area contributed by atoms with Crippen LogP contribution in [-0.4, -0.2) is 42.3 Å². The molecule has 1 aliphatic heterocycles. The van der Waals surface area contributed by atoms with Crippen molar-refractivity contribution in [2.75, 3.05) is 13.2 Å². The van der Waals surface area contributed by atoms with Crippen molar-refractivity contribution in [3.63, 3.8) is 0 Å². The van der Waals surface area contributed by atoms with Gasteiger partial charge in [0.25, 0.3) is 0 Å². The fraction of sp³-hybridized carbons (Fsp3) is 0.769. The van der Waals surface area contributed by atoms with Gasteiger partial charge in [-0.15, -0.1) is 6.58 Å². The standard InChI is InChI=1S/C13H22O5/c1-6-13(5,11(15)16-7-2)10(14)9-8-17-12(3,4)18-9/h6,9-10,14H,1,7-8H2,2-5H3/t9-,10-,13+/m1/s1. The lowest BCUT2D eigenvalue weighted by atomic mass is 9.81. The topological polar surface area (TPSA) is 65.0 Å². The van der Waals surface area contributed by atoms with Crippen LogP contribution in [0.5, 0.6) is 0 Å². The van der Waals surface area contributed by atoms with Crippen LogP contribution in [0.1, 0.15) is 27.7 Å². The molecule has 104 valence electrons. The summed E-state index contributed by atoms with van der Waals surface area (Å²) in [7, 11) is 0. The molecule has 0 aromatic rings. The third kappa shape index (κ3) is 2.91. The van der Waals surface area contributed by atoms with E-state index in [0.717, 1.165) is 0 Å². The summed E-state index contributed by atoms with van der Waals surface area (Å²) in [6.45, 7) is 10.9. The number of hydrogen-bond acceptors (Lipinski definition) is 5. The van der Waals surface area contributed by atoms with E-state index >= 15 is 0 Å². The maximum absolute atomic E-state index is 11.9. The van der Waals surface area contributed by atoms with Crippen molar-refractivity contribution in [1.82, 2.24) is 0 Å². The van der Waals surface area contributed by atoms with Crippen LogP contribution in [0.25, 0.3) is 0 Å². The predicted molar refractivity (Wildman–Crippen MR) is 65.8 cm³/mol. The van der Waals surface area contributed by atoms with Crippen LogP contribution < -0.4 is 0 Å². The molecular weight excluding hydrogens is 236 g/mol. The predicted octanol–water partition coefficient (Wildman–Crippen LogP) is 1.25. The normalized spacial score (nSPS) is 27.3. The first kappa shape index (κ1) is 15.1. The number of carbonyl (C=O) groups is 1. The molecule has 5 heteroatoms. The van der Waals surface area contributed by atoms with Gasteiger partial charge in [-0.2, -0.15) is 0 Å². The van der Waals surface area contributed by atoms with Crippen molar-refractivity contribution < 1.29 is 24.1 Å². The molecule has 0 radical (unpaired) electrons. The molecule has 0 aromatic heterocycles. The Bertz CT molecular complexity index is 325. The molecule has 0 saturated carbocycles. The van der Waals surface area contributed by atoms with E-state index in [2.05, 4.69) is 6.58 Å². The highest BCUT2D eigenvalue weighted by atomic mass is 16.7. The number of carbonyl (C=O) groups excluding carboxylic acids is 1. The summed E-state index contributed by atoms with van der Waals surface area (Å²) >= 11 is 0. The maximum atomic E-state index is 11.9. The molecule has 0 aliphatic carbocycles. The Kier molecular flexibility index (Phi) is 4.53. The molecule has 5 nitrogen and oxygen atoms in total. The van der Waals surface area contributed by atoms with Crippen LogP contribution in [0.3, 0.4) is 0 Å². The van der Waals surface area contributed by atoms with Gasteiger partial charge in [0.1, 0.15) is 17.6 Å². The van der Waals surface area contributed by atoms with Crippen LogP contribution in [0, 0.1) is 5.41 Å². The van der Waals surface area contributed by atoms with E-state index in [1.165, 1.54) is 6.08 Å². The van der Waals surface area contributed by atoms with Crippen molar-refractivity contribution in [3.8, 4) is 0 Å². The van der Waals surface area contributed by atoms with E-state index in [9.17, 15) is 9.90 Å². The molecule has 18 heavy (non-hydrogen) atoms. The molecule has 1 rings (SSSR count). The molecule has 1 saturated heterocycles. The lowest BCUT2D eigenvalue weighted by Gasteiger charge is -2.32. The summed E-state index contributed by atoms with van der Waals surface area (Å²) in [6.07, 6.45) is -0.243. The number of rotatable bonds is 5. The highest BCUT2D eigenvalue weighted by Gasteiger charge is 2.48. The zero-order valence-corrected chi connectivity index (χ0v) is 11.4. The molecule has 0 amide bonds. The summed E-state index contributed by atoms with van der Waals surface area (Å²) in [6, 6.07) is 0. The summed E-state index contributed by atoms with van der Waals surface area (Å²) in [4.78, 5) is 11.9. The van der Waals surface area contributed by atoms with Gasteiger partial charge in [0.15, 0.2) is 5.79 Å². The first-order valence-electron chi connectivity index (χ1n) is 6.07. The van der Waals surface area contributed by atoms with Crippen molar-refractivity contribution in [2.45, 2.75) is 45.7 Å². The average molecular weight is 258 g/mol. The summed E-state index contributed by atoms with van der Waals surface area (Å²) in [5.74, 6) is -1.26. The van der Waals surface area contributed by atoms with E-state index in [4.69, 9.17) is 14.2 Å². The van der Waals surface area contributed by atoms with E-state index in [-0.39, 0.29) is 13.2 Å². The SMILES string of the molecule is C=C[C@](C)(C(=O)OCC)[C@H](O)[C@H]1COC(C)(C)O1. The molecule has 1 heterocycles. The molecule has 0 bridgehead atoms. The van der Waals surface area contributed by atoms with E-state index < -0.39 is 29.4 Å². The second-order valence-electron chi connectivity index (χ2n) is 5.02. The van der Waals surface area contributed by atoms with Gasteiger partial charge in [-0.25, -0.2) is 0 Å². The van der Waals surface area contributed by atoms with Gasteiger partial charge in [0, 0.05) is 0 Å². The fourth-order valence-electron chi connectivity index (χ4n) is 1.87.